The van der Waals surface area contributed by atoms with Crippen molar-refractivity contribution < 1.29 is 0 Å². The Labute approximate surface area is 188 Å². The standard InChI is InChI=1S/C26H28N6/c1-31-15-17-32(18-16-31)14-13-28-26-24(21-9-11-27-12-10-21)19-25(29-30-26)23-8-4-6-20-5-2-3-7-22(20)23/h2-12,19H,13-18H2,1H3,(H,28,30). The van der Waals surface area contributed by atoms with E-state index in [1.54, 1.807) is 0 Å². The molecular weight excluding hydrogens is 396 g/mol. The van der Waals surface area contributed by atoms with Crippen molar-refractivity contribution in [1.29, 1.82) is 0 Å². The highest BCUT2D eigenvalue weighted by Gasteiger charge is 2.15. The zero-order valence-corrected chi connectivity index (χ0v) is 18.4. The Balaban J connectivity index is 1.44. The third kappa shape index (κ3) is 4.47. The summed E-state index contributed by atoms with van der Waals surface area (Å²) in [6.45, 7) is 6.31. The summed E-state index contributed by atoms with van der Waals surface area (Å²) >= 11 is 0. The summed E-state index contributed by atoms with van der Waals surface area (Å²) in [6, 6.07) is 20.9. The highest BCUT2D eigenvalue weighted by atomic mass is 15.3. The molecular formula is C26H28N6. The molecule has 6 heteroatoms. The van der Waals surface area contributed by atoms with Crippen LogP contribution in [0.5, 0.6) is 0 Å². The second kappa shape index (κ2) is 9.42. The van der Waals surface area contributed by atoms with Crippen molar-refractivity contribution in [2.75, 3.05) is 51.6 Å². The lowest BCUT2D eigenvalue weighted by Gasteiger charge is -2.32. The Hall–Kier alpha value is -3.35. The van der Waals surface area contributed by atoms with E-state index in [1.807, 2.05) is 24.5 Å². The first-order chi connectivity index (χ1) is 15.8. The molecule has 2 aromatic carbocycles. The molecule has 0 aliphatic carbocycles. The largest absolute Gasteiger partial charge is 0.367 e. The van der Waals surface area contributed by atoms with Crippen molar-refractivity contribution in [3.8, 4) is 22.4 Å². The molecule has 0 unspecified atom stereocenters. The molecule has 2 aromatic heterocycles. The molecule has 0 atom stereocenters. The zero-order chi connectivity index (χ0) is 21.8. The highest BCUT2D eigenvalue weighted by molar-refractivity contribution is 5.96. The average molecular weight is 425 g/mol. The number of piperazine rings is 1. The van der Waals surface area contributed by atoms with E-state index < -0.39 is 0 Å². The summed E-state index contributed by atoms with van der Waals surface area (Å²) in [4.78, 5) is 9.06. The SMILES string of the molecule is CN1CCN(CCNc2nnc(-c3cccc4ccccc34)cc2-c2ccncc2)CC1. The summed E-state index contributed by atoms with van der Waals surface area (Å²) in [6.07, 6.45) is 3.64. The fourth-order valence-corrected chi connectivity index (χ4v) is 4.26. The number of hydrogen-bond acceptors (Lipinski definition) is 6. The van der Waals surface area contributed by atoms with E-state index in [-0.39, 0.29) is 0 Å². The van der Waals surface area contributed by atoms with Gasteiger partial charge in [-0.05, 0) is 41.6 Å². The molecule has 3 heterocycles. The quantitative estimate of drug-likeness (QED) is 0.505. The van der Waals surface area contributed by atoms with Crippen molar-refractivity contribution in [3.05, 3.63) is 73.1 Å². The molecule has 0 saturated carbocycles. The monoisotopic (exact) mass is 424 g/mol. The number of nitrogens with zero attached hydrogens (tertiary/aromatic N) is 5. The maximum absolute atomic E-state index is 4.62. The van der Waals surface area contributed by atoms with Crippen molar-refractivity contribution in [2.24, 2.45) is 0 Å². The van der Waals surface area contributed by atoms with Crippen LogP contribution in [0.1, 0.15) is 0 Å². The Morgan fingerprint density at radius 1 is 0.844 bits per heavy atom. The van der Waals surface area contributed by atoms with Gasteiger partial charge in [0.2, 0.25) is 0 Å². The van der Waals surface area contributed by atoms with E-state index in [0.29, 0.717) is 0 Å². The van der Waals surface area contributed by atoms with Crippen LogP contribution in [0.2, 0.25) is 0 Å². The van der Waals surface area contributed by atoms with E-state index in [0.717, 1.165) is 67.5 Å². The fourth-order valence-electron chi connectivity index (χ4n) is 4.26. The zero-order valence-electron chi connectivity index (χ0n) is 18.4. The first-order valence-electron chi connectivity index (χ1n) is 11.2. The summed E-state index contributed by atoms with van der Waals surface area (Å²) in [5.74, 6) is 0.814. The predicted octanol–water partition coefficient (Wildman–Crippen LogP) is 4.02. The van der Waals surface area contributed by atoms with Gasteiger partial charge in [0.25, 0.3) is 0 Å². The molecule has 5 rings (SSSR count). The van der Waals surface area contributed by atoms with Crippen LogP contribution in [0.4, 0.5) is 5.82 Å². The molecule has 32 heavy (non-hydrogen) atoms. The van der Waals surface area contributed by atoms with Gasteiger partial charge < -0.3 is 10.2 Å². The van der Waals surface area contributed by atoms with Crippen molar-refractivity contribution in [1.82, 2.24) is 25.0 Å². The topological polar surface area (TPSA) is 57.2 Å². The second-order valence-electron chi connectivity index (χ2n) is 8.33. The molecule has 162 valence electrons. The second-order valence-corrected chi connectivity index (χ2v) is 8.33. The van der Waals surface area contributed by atoms with Gasteiger partial charge in [-0.3, -0.25) is 9.88 Å². The Kier molecular flexibility index (Phi) is 6.05. The van der Waals surface area contributed by atoms with Crippen LogP contribution in [0.15, 0.2) is 73.1 Å². The Bertz CT molecular complexity index is 1180. The third-order valence-corrected chi connectivity index (χ3v) is 6.17. The molecule has 6 nitrogen and oxygen atoms in total. The van der Waals surface area contributed by atoms with Crippen LogP contribution in [0.25, 0.3) is 33.2 Å². The molecule has 1 saturated heterocycles. The number of rotatable bonds is 6. The van der Waals surface area contributed by atoms with Crippen LogP contribution in [-0.2, 0) is 0 Å². The van der Waals surface area contributed by atoms with Gasteiger partial charge in [-0.25, -0.2) is 0 Å². The Morgan fingerprint density at radius 3 is 2.47 bits per heavy atom. The van der Waals surface area contributed by atoms with E-state index in [4.69, 9.17) is 0 Å². The summed E-state index contributed by atoms with van der Waals surface area (Å²) in [5.41, 5.74) is 4.09. The average Bonchev–Trinajstić information content (AvgIpc) is 2.85. The van der Waals surface area contributed by atoms with E-state index in [9.17, 15) is 0 Å². The van der Waals surface area contributed by atoms with Gasteiger partial charge in [0.05, 0.1) is 5.69 Å². The smallest absolute Gasteiger partial charge is 0.156 e. The number of nitrogens with one attached hydrogen (secondary N) is 1. The highest BCUT2D eigenvalue weighted by Crippen LogP contribution is 2.32. The van der Waals surface area contributed by atoms with E-state index >= 15 is 0 Å². The van der Waals surface area contributed by atoms with Gasteiger partial charge in [0, 0.05) is 62.8 Å². The van der Waals surface area contributed by atoms with Crippen LogP contribution in [-0.4, -0.2) is 71.3 Å². The maximum atomic E-state index is 4.62. The first kappa shape index (κ1) is 20.5. The summed E-state index contributed by atoms with van der Waals surface area (Å²) in [5, 5.41) is 15.2. The normalized spacial score (nSPS) is 15.2. The number of fused-ring (bicyclic) bond motifs is 1. The third-order valence-electron chi connectivity index (χ3n) is 6.17. The van der Waals surface area contributed by atoms with Gasteiger partial charge in [-0.2, -0.15) is 0 Å². The van der Waals surface area contributed by atoms with Crippen LogP contribution in [0, 0.1) is 0 Å². The number of anilines is 1. The maximum Gasteiger partial charge on any atom is 0.156 e. The molecule has 0 radical (unpaired) electrons. The number of likely N-dealkylation sites (N-methyl/N-ethyl adjacent to an activating group) is 1. The molecule has 1 aliphatic rings. The van der Waals surface area contributed by atoms with Crippen LogP contribution in [0.3, 0.4) is 0 Å². The van der Waals surface area contributed by atoms with Crippen LogP contribution < -0.4 is 5.32 Å². The molecule has 1 aliphatic heterocycles. The minimum atomic E-state index is 0.814. The predicted molar refractivity (Wildman–Crippen MR) is 131 cm³/mol. The van der Waals surface area contributed by atoms with Crippen molar-refractivity contribution >= 4 is 16.6 Å². The lowest BCUT2D eigenvalue weighted by atomic mass is 10.00. The van der Waals surface area contributed by atoms with E-state index in [1.165, 1.54) is 10.8 Å². The number of hydrogen-bond donors (Lipinski definition) is 1. The number of aromatic nitrogens is 3. The van der Waals surface area contributed by atoms with Gasteiger partial charge in [-0.15, -0.1) is 10.2 Å². The minimum Gasteiger partial charge on any atom is -0.367 e. The van der Waals surface area contributed by atoms with Crippen molar-refractivity contribution in [3.63, 3.8) is 0 Å². The number of pyridine rings is 1. The lowest BCUT2D eigenvalue weighted by molar-refractivity contribution is 0.158. The fraction of sp³-hybridized carbons (Fsp3) is 0.269. The molecule has 1 N–H and O–H groups in total. The summed E-state index contributed by atoms with van der Waals surface area (Å²) < 4.78 is 0. The van der Waals surface area contributed by atoms with Gasteiger partial charge >= 0.3 is 0 Å². The first-order valence-corrected chi connectivity index (χ1v) is 11.2. The van der Waals surface area contributed by atoms with Gasteiger partial charge in [0.1, 0.15) is 0 Å². The molecule has 0 bridgehead atoms. The molecule has 4 aromatic rings. The summed E-state index contributed by atoms with van der Waals surface area (Å²) in [7, 11) is 2.18. The van der Waals surface area contributed by atoms with Gasteiger partial charge in [0.15, 0.2) is 5.82 Å². The molecule has 0 spiro atoms. The van der Waals surface area contributed by atoms with Crippen LogP contribution >= 0.6 is 0 Å². The van der Waals surface area contributed by atoms with Gasteiger partial charge in [-0.1, -0.05) is 42.5 Å². The van der Waals surface area contributed by atoms with E-state index in [2.05, 4.69) is 85.9 Å². The van der Waals surface area contributed by atoms with Crippen molar-refractivity contribution in [2.45, 2.75) is 0 Å². The Morgan fingerprint density at radius 2 is 1.62 bits per heavy atom. The number of benzene rings is 2. The lowest BCUT2D eigenvalue weighted by Crippen LogP contribution is -2.45. The molecule has 1 fully saturated rings. The molecule has 0 amide bonds. The minimum absolute atomic E-state index is 0.814.